The number of carbonyl (C=O) groups excluding carboxylic acids is 2. The normalized spacial score (nSPS) is 11.0. The van der Waals surface area contributed by atoms with E-state index in [0.717, 1.165) is 16.6 Å². The van der Waals surface area contributed by atoms with Crippen molar-refractivity contribution in [2.75, 3.05) is 9.13 Å². The number of anilines is 2. The summed E-state index contributed by atoms with van der Waals surface area (Å²) in [7, 11) is -3.02. The molecule has 0 atom stereocenters. The van der Waals surface area contributed by atoms with Crippen LogP contribution in [0.3, 0.4) is 0 Å². The molecule has 0 saturated heterocycles. The summed E-state index contributed by atoms with van der Waals surface area (Å²) in [6.45, 7) is 5.17. The molecule has 0 aliphatic heterocycles. The predicted molar refractivity (Wildman–Crippen MR) is 117 cm³/mol. The van der Waals surface area contributed by atoms with E-state index in [4.69, 9.17) is 0 Å². The van der Waals surface area contributed by atoms with E-state index in [9.17, 15) is 9.59 Å². The average molecular weight is 389 g/mol. The van der Waals surface area contributed by atoms with Crippen molar-refractivity contribution in [3.8, 4) is 0 Å². The number of nitrogens with zero attached hydrogens (tertiary/aromatic N) is 2. The van der Waals surface area contributed by atoms with Gasteiger partial charge in [0, 0.05) is 25.2 Å². The number of carbonyl (C=O) groups is 2. The zero-order valence-electron chi connectivity index (χ0n) is 16.4. The summed E-state index contributed by atoms with van der Waals surface area (Å²) in [5, 5.41) is 0.980. The molecular weight excluding hydrogens is 364 g/mol. The first-order chi connectivity index (χ1) is 13.5. The molecule has 0 aromatic heterocycles. The lowest BCUT2D eigenvalue weighted by Crippen LogP contribution is -2.74. The fourth-order valence-electron chi connectivity index (χ4n) is 3.75. The highest BCUT2D eigenvalue weighted by molar-refractivity contribution is 7.00. The Labute approximate surface area is 167 Å². The van der Waals surface area contributed by atoms with Crippen molar-refractivity contribution in [3.05, 3.63) is 91.0 Å². The van der Waals surface area contributed by atoms with Crippen LogP contribution in [0.4, 0.5) is 11.4 Å². The van der Waals surface area contributed by atoms with E-state index >= 15 is 0 Å². The summed E-state index contributed by atoms with van der Waals surface area (Å²) in [6, 6.07) is 29.0. The Balaban J connectivity index is 2.31. The highest BCUT2D eigenvalue weighted by atomic mass is 28.3. The van der Waals surface area contributed by atoms with Gasteiger partial charge in [-0.05, 0) is 36.0 Å². The van der Waals surface area contributed by atoms with Gasteiger partial charge in [-0.25, -0.2) is 0 Å². The van der Waals surface area contributed by atoms with Gasteiger partial charge in [0.15, 0.2) is 0 Å². The van der Waals surface area contributed by atoms with Crippen molar-refractivity contribution in [2.24, 2.45) is 0 Å². The topological polar surface area (TPSA) is 40.6 Å². The minimum Gasteiger partial charge on any atom is -0.317 e. The lowest BCUT2D eigenvalue weighted by atomic mass is 10.3. The van der Waals surface area contributed by atoms with Crippen molar-refractivity contribution >= 4 is 36.8 Å². The summed E-state index contributed by atoms with van der Waals surface area (Å²) in [4.78, 5) is 25.9. The van der Waals surface area contributed by atoms with Crippen molar-refractivity contribution in [2.45, 2.75) is 20.4 Å². The van der Waals surface area contributed by atoms with Gasteiger partial charge in [0.1, 0.15) is 0 Å². The number of rotatable bonds is 5. The third-order valence-electron chi connectivity index (χ3n) is 4.85. The zero-order chi connectivity index (χ0) is 20.1. The van der Waals surface area contributed by atoms with Gasteiger partial charge in [-0.3, -0.25) is 9.59 Å². The fourth-order valence-corrected chi connectivity index (χ4v) is 7.82. The summed E-state index contributed by atoms with van der Waals surface area (Å²) >= 11 is 0. The summed E-state index contributed by atoms with van der Waals surface area (Å²) in [5.74, 6) is -0.183. The van der Waals surface area contributed by atoms with Gasteiger partial charge in [0.25, 0.3) is 0 Å². The Morgan fingerprint density at radius 2 is 0.929 bits per heavy atom. The van der Waals surface area contributed by atoms with E-state index in [1.807, 2.05) is 107 Å². The Hall–Kier alpha value is -3.18. The van der Waals surface area contributed by atoms with Gasteiger partial charge in [-0.15, -0.1) is 0 Å². The van der Waals surface area contributed by atoms with Crippen LogP contribution < -0.4 is 14.3 Å². The van der Waals surface area contributed by atoms with E-state index in [2.05, 4.69) is 0 Å². The van der Waals surface area contributed by atoms with Crippen molar-refractivity contribution in [1.29, 1.82) is 0 Å². The molecule has 0 fully saturated rings. The molecule has 0 heterocycles. The predicted octanol–water partition coefficient (Wildman–Crippen LogP) is 4.07. The van der Waals surface area contributed by atoms with Crippen LogP contribution in [0.25, 0.3) is 0 Å². The van der Waals surface area contributed by atoms with Crippen LogP contribution in [0, 0.1) is 0 Å². The lowest BCUT2D eigenvalue weighted by Gasteiger charge is -2.46. The van der Waals surface area contributed by atoms with Gasteiger partial charge in [0.05, 0.1) is 0 Å². The Morgan fingerprint density at radius 3 is 1.25 bits per heavy atom. The van der Waals surface area contributed by atoms with Gasteiger partial charge >= 0.3 is 8.40 Å². The van der Waals surface area contributed by atoms with Gasteiger partial charge in [-0.2, -0.15) is 0 Å². The minimum absolute atomic E-state index is 0.0913. The first kappa shape index (κ1) is 19.6. The fraction of sp³-hybridized carbons (Fsp3) is 0.130. The molecule has 0 aliphatic rings. The molecule has 28 heavy (non-hydrogen) atoms. The minimum atomic E-state index is -3.02. The molecule has 3 rings (SSSR count). The summed E-state index contributed by atoms with van der Waals surface area (Å²) < 4.78 is 3.63. The largest absolute Gasteiger partial charge is 0.317 e. The molecule has 0 aliphatic carbocycles. The molecule has 3 aromatic rings. The molecule has 0 spiro atoms. The zero-order valence-corrected chi connectivity index (χ0v) is 17.4. The highest BCUT2D eigenvalue weighted by Crippen LogP contribution is 2.29. The second kappa shape index (κ2) is 8.23. The molecule has 0 saturated carbocycles. The third-order valence-corrected chi connectivity index (χ3v) is 9.16. The van der Waals surface area contributed by atoms with E-state index in [-0.39, 0.29) is 11.8 Å². The average Bonchev–Trinajstić information content (AvgIpc) is 2.70. The van der Waals surface area contributed by atoms with E-state index in [1.54, 1.807) is 13.8 Å². The summed E-state index contributed by atoms with van der Waals surface area (Å²) in [5.41, 5.74) is 1.57. The first-order valence-corrected chi connectivity index (χ1v) is 11.6. The van der Waals surface area contributed by atoms with Crippen LogP contribution in [-0.2, 0) is 9.59 Å². The smallest absolute Gasteiger partial charge is 0.308 e. The van der Waals surface area contributed by atoms with E-state index < -0.39 is 8.40 Å². The number of amides is 2. The van der Waals surface area contributed by atoms with Crippen LogP contribution in [0.15, 0.2) is 91.0 Å². The lowest BCUT2D eigenvalue weighted by molar-refractivity contribution is -0.115. The SMILES string of the molecule is CC(=O)N(c1ccccc1)[Si](C)(c1ccccc1)N(C(C)=O)c1ccccc1. The van der Waals surface area contributed by atoms with Gasteiger partial charge < -0.3 is 9.13 Å². The second-order valence-electron chi connectivity index (χ2n) is 6.77. The molecule has 0 bridgehead atoms. The van der Waals surface area contributed by atoms with Crippen molar-refractivity contribution < 1.29 is 9.59 Å². The highest BCUT2D eigenvalue weighted by Gasteiger charge is 2.48. The monoisotopic (exact) mass is 388 g/mol. The van der Waals surface area contributed by atoms with Gasteiger partial charge in [-0.1, -0.05) is 66.7 Å². The molecule has 5 heteroatoms. The molecule has 2 amide bonds. The molecule has 142 valence electrons. The molecule has 3 aromatic carbocycles. The van der Waals surface area contributed by atoms with Gasteiger partial charge in [0.2, 0.25) is 11.8 Å². The Kier molecular flexibility index (Phi) is 5.75. The number of para-hydroxylation sites is 2. The molecule has 0 unspecified atom stereocenters. The molecule has 0 N–H and O–H groups in total. The standard InChI is InChI=1S/C23H24N2O2Si/c1-19(26)24(21-13-7-4-8-14-21)28(3,23-17-11-6-12-18-23)25(20(2)27)22-15-9-5-10-16-22/h4-18H,1-3H3. The summed E-state index contributed by atoms with van der Waals surface area (Å²) in [6.07, 6.45) is 0. The second-order valence-corrected chi connectivity index (χ2v) is 10.3. The van der Waals surface area contributed by atoms with Crippen LogP contribution >= 0.6 is 0 Å². The van der Waals surface area contributed by atoms with E-state index in [1.165, 1.54) is 0 Å². The van der Waals surface area contributed by atoms with Crippen LogP contribution in [0.2, 0.25) is 6.55 Å². The number of hydrogen-bond acceptors (Lipinski definition) is 2. The molecule has 0 radical (unpaired) electrons. The maximum atomic E-state index is 12.9. The number of hydrogen-bond donors (Lipinski definition) is 0. The Morgan fingerprint density at radius 1 is 0.607 bits per heavy atom. The maximum Gasteiger partial charge on any atom is 0.308 e. The van der Waals surface area contributed by atoms with E-state index in [0.29, 0.717) is 0 Å². The van der Waals surface area contributed by atoms with Crippen molar-refractivity contribution in [1.82, 2.24) is 0 Å². The van der Waals surface area contributed by atoms with Crippen LogP contribution in [0.5, 0.6) is 0 Å². The first-order valence-electron chi connectivity index (χ1n) is 9.23. The quantitative estimate of drug-likeness (QED) is 0.618. The maximum absolute atomic E-state index is 12.9. The van der Waals surface area contributed by atoms with Crippen molar-refractivity contribution in [3.63, 3.8) is 0 Å². The number of benzene rings is 3. The van der Waals surface area contributed by atoms with Crippen LogP contribution in [-0.4, -0.2) is 20.2 Å². The third kappa shape index (κ3) is 3.61. The molecule has 4 nitrogen and oxygen atoms in total. The molecular formula is C23H24N2O2Si. The van der Waals surface area contributed by atoms with Crippen LogP contribution in [0.1, 0.15) is 13.8 Å². The Bertz CT molecular complexity index is 889.